The van der Waals surface area contributed by atoms with Crippen molar-refractivity contribution in [2.45, 2.75) is 31.4 Å². The van der Waals surface area contributed by atoms with Crippen LogP contribution < -0.4 is 10.6 Å². The van der Waals surface area contributed by atoms with Crippen LogP contribution in [0.5, 0.6) is 0 Å². The van der Waals surface area contributed by atoms with Gasteiger partial charge in [-0.1, -0.05) is 29.8 Å². The Hall–Kier alpha value is -1.57. The maximum atomic E-state index is 13.3. The highest BCUT2D eigenvalue weighted by molar-refractivity contribution is 5.82. The van der Waals surface area contributed by atoms with Gasteiger partial charge in [0.25, 0.3) is 5.92 Å². The zero-order valence-corrected chi connectivity index (χ0v) is 14.4. The van der Waals surface area contributed by atoms with Crippen LogP contribution in [0.1, 0.15) is 23.6 Å². The monoisotopic (exact) mass is 353 g/mol. The summed E-state index contributed by atoms with van der Waals surface area (Å²) in [7, 11) is 0. The van der Waals surface area contributed by atoms with E-state index in [1.807, 2.05) is 19.1 Å². The third-order valence-electron chi connectivity index (χ3n) is 4.84. The summed E-state index contributed by atoms with van der Waals surface area (Å²) in [5, 5.41) is 5.46. The maximum Gasteiger partial charge on any atom is 0.262 e. The number of ether oxygens (including phenoxy) is 1. The predicted molar refractivity (Wildman–Crippen MR) is 90.7 cm³/mol. The molecule has 2 heterocycles. The second kappa shape index (κ2) is 7.76. The predicted octanol–water partition coefficient (Wildman–Crippen LogP) is 1.48. The highest BCUT2D eigenvalue weighted by Gasteiger charge is 2.42. The first-order valence-electron chi connectivity index (χ1n) is 8.72. The number of halogens is 2. The largest absolute Gasteiger partial charge is 0.379 e. The minimum absolute atomic E-state index is 0.00960. The van der Waals surface area contributed by atoms with Gasteiger partial charge in [0.05, 0.1) is 31.8 Å². The number of nitrogens with one attached hydrogen (secondary N) is 2. The van der Waals surface area contributed by atoms with E-state index in [2.05, 4.69) is 27.7 Å². The summed E-state index contributed by atoms with van der Waals surface area (Å²) in [6, 6.07) is 7.40. The van der Waals surface area contributed by atoms with Gasteiger partial charge < -0.3 is 10.1 Å². The number of alkyl halides is 2. The lowest BCUT2D eigenvalue weighted by Crippen LogP contribution is -2.47. The van der Waals surface area contributed by atoms with Crippen molar-refractivity contribution in [1.29, 1.82) is 0 Å². The van der Waals surface area contributed by atoms with Gasteiger partial charge in [-0.05, 0) is 12.5 Å². The summed E-state index contributed by atoms with van der Waals surface area (Å²) in [6.45, 7) is 4.88. The minimum Gasteiger partial charge on any atom is -0.379 e. The number of hydrogen-bond donors (Lipinski definition) is 2. The molecule has 1 aromatic carbocycles. The second-order valence-corrected chi connectivity index (χ2v) is 6.81. The van der Waals surface area contributed by atoms with E-state index in [0.717, 1.165) is 18.7 Å². The molecule has 7 heteroatoms. The van der Waals surface area contributed by atoms with Crippen molar-refractivity contribution in [3.63, 3.8) is 0 Å². The molecule has 2 atom stereocenters. The Kier molecular flexibility index (Phi) is 5.66. The Morgan fingerprint density at radius 3 is 2.64 bits per heavy atom. The van der Waals surface area contributed by atoms with Gasteiger partial charge in [-0.25, -0.2) is 8.78 Å². The molecule has 138 valence electrons. The van der Waals surface area contributed by atoms with E-state index < -0.39 is 24.9 Å². The summed E-state index contributed by atoms with van der Waals surface area (Å²) < 4.78 is 32.0. The molecule has 2 saturated heterocycles. The zero-order valence-electron chi connectivity index (χ0n) is 14.4. The van der Waals surface area contributed by atoms with Crippen LogP contribution in [-0.4, -0.2) is 62.2 Å². The minimum atomic E-state index is -2.80. The molecule has 0 aromatic heterocycles. The number of nitrogens with zero attached hydrogens (tertiary/aromatic N) is 1. The molecule has 2 N–H and O–H groups in total. The van der Waals surface area contributed by atoms with E-state index in [4.69, 9.17) is 4.74 Å². The average Bonchev–Trinajstić information content (AvgIpc) is 2.97. The van der Waals surface area contributed by atoms with Crippen molar-refractivity contribution in [2.24, 2.45) is 0 Å². The number of aryl methyl sites for hydroxylation is 1. The van der Waals surface area contributed by atoms with Crippen LogP contribution >= 0.6 is 0 Å². The summed E-state index contributed by atoms with van der Waals surface area (Å²) in [4.78, 5) is 14.5. The standard InChI is InChI=1S/C18H25F2N3O2/c1-13-2-4-14(5-3-13)16(23-6-8-25-9-7-23)11-21-17(24)15-10-18(19,20)12-22-15/h2-5,15-16,22H,6-12H2,1H3,(H,21,24). The molecule has 3 rings (SSSR count). The van der Waals surface area contributed by atoms with Gasteiger partial charge in [0.15, 0.2) is 0 Å². The topological polar surface area (TPSA) is 53.6 Å². The lowest BCUT2D eigenvalue weighted by atomic mass is 10.0. The number of carbonyl (C=O) groups is 1. The zero-order chi connectivity index (χ0) is 17.9. The van der Waals surface area contributed by atoms with Gasteiger partial charge in [-0.15, -0.1) is 0 Å². The fourth-order valence-corrected chi connectivity index (χ4v) is 3.36. The van der Waals surface area contributed by atoms with Gasteiger partial charge in [0.2, 0.25) is 5.91 Å². The van der Waals surface area contributed by atoms with Gasteiger partial charge in [0, 0.05) is 26.1 Å². The van der Waals surface area contributed by atoms with E-state index in [1.54, 1.807) is 0 Å². The fraction of sp³-hybridized carbons (Fsp3) is 0.611. The molecular formula is C18H25F2N3O2. The first kappa shape index (κ1) is 18.2. The summed E-state index contributed by atoms with van der Waals surface area (Å²) in [5.41, 5.74) is 2.28. The number of morpholine rings is 1. The summed E-state index contributed by atoms with van der Waals surface area (Å²) >= 11 is 0. The Balaban J connectivity index is 1.65. The van der Waals surface area contributed by atoms with Crippen LogP contribution in [0.4, 0.5) is 8.78 Å². The molecule has 2 aliphatic rings. The van der Waals surface area contributed by atoms with E-state index >= 15 is 0 Å². The molecule has 2 aliphatic heterocycles. The van der Waals surface area contributed by atoms with Crippen LogP contribution in [0, 0.1) is 6.92 Å². The highest BCUT2D eigenvalue weighted by Crippen LogP contribution is 2.26. The number of hydrogen-bond acceptors (Lipinski definition) is 4. The van der Waals surface area contributed by atoms with Crippen LogP contribution in [0.3, 0.4) is 0 Å². The second-order valence-electron chi connectivity index (χ2n) is 6.81. The number of amides is 1. The molecule has 0 saturated carbocycles. The van der Waals surface area contributed by atoms with Gasteiger partial charge in [0.1, 0.15) is 0 Å². The van der Waals surface area contributed by atoms with Gasteiger partial charge in [-0.3, -0.25) is 15.0 Å². The van der Waals surface area contributed by atoms with Crippen LogP contribution in [-0.2, 0) is 9.53 Å². The van der Waals surface area contributed by atoms with Crippen molar-refractivity contribution >= 4 is 5.91 Å². The third-order valence-corrected chi connectivity index (χ3v) is 4.84. The van der Waals surface area contributed by atoms with Gasteiger partial charge in [-0.2, -0.15) is 0 Å². The molecule has 1 amide bonds. The molecule has 0 radical (unpaired) electrons. The molecule has 2 fully saturated rings. The molecule has 1 aromatic rings. The van der Waals surface area contributed by atoms with Crippen molar-refractivity contribution in [2.75, 3.05) is 39.4 Å². The van der Waals surface area contributed by atoms with Crippen LogP contribution in [0.2, 0.25) is 0 Å². The Bertz CT molecular complexity index is 588. The smallest absolute Gasteiger partial charge is 0.262 e. The molecule has 5 nitrogen and oxygen atoms in total. The lowest BCUT2D eigenvalue weighted by molar-refractivity contribution is -0.123. The number of benzene rings is 1. The van der Waals surface area contributed by atoms with Crippen molar-refractivity contribution < 1.29 is 18.3 Å². The third kappa shape index (κ3) is 4.74. The Morgan fingerprint density at radius 2 is 2.04 bits per heavy atom. The first-order chi connectivity index (χ1) is 11.9. The molecule has 25 heavy (non-hydrogen) atoms. The lowest BCUT2D eigenvalue weighted by Gasteiger charge is -2.35. The molecule has 0 aliphatic carbocycles. The molecule has 0 bridgehead atoms. The first-order valence-corrected chi connectivity index (χ1v) is 8.72. The molecule has 0 spiro atoms. The van der Waals surface area contributed by atoms with E-state index in [1.165, 1.54) is 5.56 Å². The number of carbonyl (C=O) groups excluding carboxylic acids is 1. The molecular weight excluding hydrogens is 328 g/mol. The van der Waals surface area contributed by atoms with Crippen molar-refractivity contribution in [3.8, 4) is 0 Å². The Labute approximate surface area is 146 Å². The van der Waals surface area contributed by atoms with E-state index in [9.17, 15) is 13.6 Å². The average molecular weight is 353 g/mol. The van der Waals surface area contributed by atoms with Crippen LogP contribution in [0.15, 0.2) is 24.3 Å². The summed E-state index contributed by atoms with van der Waals surface area (Å²) in [6.07, 6.45) is -0.439. The summed E-state index contributed by atoms with van der Waals surface area (Å²) in [5.74, 6) is -3.16. The van der Waals surface area contributed by atoms with Gasteiger partial charge >= 0.3 is 0 Å². The molecule has 2 unspecified atom stereocenters. The normalized spacial score (nSPS) is 24.8. The maximum absolute atomic E-state index is 13.3. The van der Waals surface area contributed by atoms with Crippen LogP contribution in [0.25, 0.3) is 0 Å². The fourth-order valence-electron chi connectivity index (χ4n) is 3.36. The SMILES string of the molecule is Cc1ccc(C(CNC(=O)C2CC(F)(F)CN2)N2CCOCC2)cc1. The quantitative estimate of drug-likeness (QED) is 0.842. The Morgan fingerprint density at radius 1 is 1.36 bits per heavy atom. The highest BCUT2D eigenvalue weighted by atomic mass is 19.3. The van der Waals surface area contributed by atoms with E-state index in [0.29, 0.717) is 19.8 Å². The van der Waals surface area contributed by atoms with E-state index in [-0.39, 0.29) is 11.9 Å². The number of rotatable bonds is 5. The van der Waals surface area contributed by atoms with Crippen molar-refractivity contribution in [1.82, 2.24) is 15.5 Å². The van der Waals surface area contributed by atoms with Crippen molar-refractivity contribution in [3.05, 3.63) is 35.4 Å².